The molecule has 0 aromatic heterocycles. The summed E-state index contributed by atoms with van der Waals surface area (Å²) in [5, 5.41) is 0. The number of guanidine groups is 1. The molecule has 3 heteroatoms. The van der Waals surface area contributed by atoms with Gasteiger partial charge in [0.1, 0.15) is 0 Å². The maximum atomic E-state index is 5.88. The highest BCUT2D eigenvalue weighted by Crippen LogP contribution is 2.16. The van der Waals surface area contributed by atoms with Crippen molar-refractivity contribution in [1.82, 2.24) is 4.90 Å². The van der Waals surface area contributed by atoms with E-state index in [-0.39, 0.29) is 0 Å². The lowest BCUT2D eigenvalue weighted by Gasteiger charge is -2.25. The van der Waals surface area contributed by atoms with E-state index in [4.69, 9.17) is 5.73 Å². The zero-order valence-corrected chi connectivity index (χ0v) is 10.9. The van der Waals surface area contributed by atoms with Gasteiger partial charge in [0, 0.05) is 6.54 Å². The summed E-state index contributed by atoms with van der Waals surface area (Å²) in [6.07, 6.45) is 9.19. The topological polar surface area (TPSA) is 41.6 Å². The molecule has 1 rings (SSSR count). The van der Waals surface area contributed by atoms with E-state index in [9.17, 15) is 0 Å². The highest BCUT2D eigenvalue weighted by Gasteiger charge is 2.24. The predicted octanol–water partition coefficient (Wildman–Crippen LogP) is 2.76. The number of rotatable bonds is 8. The number of nitrogens with zero attached hydrogens (tertiary/aromatic N) is 2. The molecule has 3 nitrogen and oxygen atoms in total. The van der Waals surface area contributed by atoms with E-state index in [1.54, 1.807) is 0 Å². The van der Waals surface area contributed by atoms with Gasteiger partial charge < -0.3 is 10.6 Å². The Morgan fingerprint density at radius 1 is 1.19 bits per heavy atom. The first kappa shape index (κ1) is 13.3. The Morgan fingerprint density at radius 3 is 2.62 bits per heavy atom. The van der Waals surface area contributed by atoms with E-state index in [2.05, 4.69) is 23.7 Å². The van der Waals surface area contributed by atoms with Gasteiger partial charge in [-0.05, 0) is 12.8 Å². The van der Waals surface area contributed by atoms with Gasteiger partial charge in [0.2, 0.25) is 0 Å². The minimum Gasteiger partial charge on any atom is -0.370 e. The van der Waals surface area contributed by atoms with Crippen LogP contribution in [0.2, 0.25) is 0 Å². The standard InChI is InChI=1S/C13H27N3/c1-3-5-6-7-8-9-12-11-15-13(14)16(12)10-4-2/h12H,3-11H2,1-2H3,(H2,14,15). The molecule has 0 spiro atoms. The first-order chi connectivity index (χ1) is 7.79. The van der Waals surface area contributed by atoms with Gasteiger partial charge in [0.15, 0.2) is 5.96 Å². The Labute approximate surface area is 100 Å². The van der Waals surface area contributed by atoms with Crippen molar-refractivity contribution in [3.63, 3.8) is 0 Å². The molecule has 2 N–H and O–H groups in total. The van der Waals surface area contributed by atoms with E-state index < -0.39 is 0 Å². The molecular weight excluding hydrogens is 198 g/mol. The van der Waals surface area contributed by atoms with Gasteiger partial charge in [-0.1, -0.05) is 46.0 Å². The Bertz CT molecular complexity index is 213. The van der Waals surface area contributed by atoms with Gasteiger partial charge in [0.05, 0.1) is 12.6 Å². The Morgan fingerprint density at radius 2 is 1.94 bits per heavy atom. The highest BCUT2D eigenvalue weighted by molar-refractivity contribution is 5.80. The van der Waals surface area contributed by atoms with Crippen LogP contribution in [0.3, 0.4) is 0 Å². The summed E-state index contributed by atoms with van der Waals surface area (Å²) < 4.78 is 0. The van der Waals surface area contributed by atoms with Crippen molar-refractivity contribution in [3.05, 3.63) is 0 Å². The van der Waals surface area contributed by atoms with Crippen LogP contribution in [0.1, 0.15) is 58.8 Å². The fraction of sp³-hybridized carbons (Fsp3) is 0.923. The number of hydrogen-bond acceptors (Lipinski definition) is 3. The summed E-state index contributed by atoms with van der Waals surface area (Å²) >= 11 is 0. The fourth-order valence-electron chi connectivity index (χ4n) is 2.34. The quantitative estimate of drug-likeness (QED) is 0.645. The monoisotopic (exact) mass is 225 g/mol. The molecule has 0 saturated carbocycles. The molecule has 1 unspecified atom stereocenters. The lowest BCUT2D eigenvalue weighted by Crippen LogP contribution is -2.41. The largest absolute Gasteiger partial charge is 0.370 e. The summed E-state index contributed by atoms with van der Waals surface area (Å²) in [6, 6.07) is 0.585. The smallest absolute Gasteiger partial charge is 0.191 e. The van der Waals surface area contributed by atoms with Crippen LogP contribution in [-0.2, 0) is 0 Å². The van der Waals surface area contributed by atoms with E-state index in [0.717, 1.165) is 25.5 Å². The minimum atomic E-state index is 0.585. The van der Waals surface area contributed by atoms with Crippen molar-refractivity contribution in [2.75, 3.05) is 13.1 Å². The van der Waals surface area contributed by atoms with Gasteiger partial charge >= 0.3 is 0 Å². The molecule has 1 atom stereocenters. The number of aliphatic imine (C=N–C) groups is 1. The summed E-state index contributed by atoms with van der Waals surface area (Å²) in [7, 11) is 0. The molecule has 0 fully saturated rings. The zero-order chi connectivity index (χ0) is 11.8. The lowest BCUT2D eigenvalue weighted by molar-refractivity contribution is 0.315. The van der Waals surface area contributed by atoms with Crippen LogP contribution in [0.5, 0.6) is 0 Å². The molecule has 1 aliphatic heterocycles. The second-order valence-corrected chi connectivity index (χ2v) is 4.75. The normalized spacial score (nSPS) is 20.2. The number of nitrogens with two attached hydrogens (primary N) is 1. The Hall–Kier alpha value is -0.730. The first-order valence-corrected chi connectivity index (χ1v) is 6.86. The van der Waals surface area contributed by atoms with Gasteiger partial charge in [-0.2, -0.15) is 0 Å². The average molecular weight is 225 g/mol. The van der Waals surface area contributed by atoms with E-state index in [1.807, 2.05) is 0 Å². The van der Waals surface area contributed by atoms with Gasteiger partial charge in [-0.25, -0.2) is 0 Å². The molecule has 94 valence electrons. The van der Waals surface area contributed by atoms with Gasteiger partial charge in [-0.15, -0.1) is 0 Å². The molecular formula is C13H27N3. The van der Waals surface area contributed by atoms with Crippen LogP contribution in [0.15, 0.2) is 4.99 Å². The maximum absolute atomic E-state index is 5.88. The van der Waals surface area contributed by atoms with Crippen LogP contribution in [0, 0.1) is 0 Å². The molecule has 0 aliphatic carbocycles. The summed E-state index contributed by atoms with van der Waals surface area (Å²) in [5.74, 6) is 0.764. The third-order valence-corrected chi connectivity index (χ3v) is 3.30. The van der Waals surface area contributed by atoms with Crippen LogP contribution in [-0.4, -0.2) is 30.0 Å². The van der Waals surface area contributed by atoms with E-state index in [1.165, 1.54) is 38.5 Å². The van der Waals surface area contributed by atoms with Crippen LogP contribution in [0.25, 0.3) is 0 Å². The molecule has 0 bridgehead atoms. The maximum Gasteiger partial charge on any atom is 0.191 e. The minimum absolute atomic E-state index is 0.585. The second-order valence-electron chi connectivity index (χ2n) is 4.75. The summed E-state index contributed by atoms with van der Waals surface area (Å²) in [4.78, 5) is 6.64. The van der Waals surface area contributed by atoms with Gasteiger partial charge in [0.25, 0.3) is 0 Å². The van der Waals surface area contributed by atoms with Crippen molar-refractivity contribution < 1.29 is 0 Å². The van der Waals surface area contributed by atoms with Crippen LogP contribution in [0.4, 0.5) is 0 Å². The van der Waals surface area contributed by atoms with Crippen molar-refractivity contribution in [1.29, 1.82) is 0 Å². The third kappa shape index (κ3) is 4.03. The lowest BCUT2D eigenvalue weighted by atomic mass is 10.1. The Balaban J connectivity index is 2.16. The van der Waals surface area contributed by atoms with Crippen LogP contribution < -0.4 is 5.73 Å². The highest BCUT2D eigenvalue weighted by atomic mass is 15.3. The molecule has 0 aromatic rings. The van der Waals surface area contributed by atoms with Crippen molar-refractivity contribution in [2.24, 2.45) is 10.7 Å². The molecule has 0 aromatic carbocycles. The first-order valence-electron chi connectivity index (χ1n) is 6.86. The Kier molecular flexibility index (Phi) is 6.27. The molecule has 0 radical (unpaired) electrons. The van der Waals surface area contributed by atoms with Crippen molar-refractivity contribution >= 4 is 5.96 Å². The molecule has 0 saturated heterocycles. The average Bonchev–Trinajstić information content (AvgIpc) is 2.62. The van der Waals surface area contributed by atoms with E-state index >= 15 is 0 Å². The van der Waals surface area contributed by atoms with Crippen molar-refractivity contribution in [2.45, 2.75) is 64.8 Å². The second kappa shape index (κ2) is 7.53. The van der Waals surface area contributed by atoms with Gasteiger partial charge in [-0.3, -0.25) is 4.99 Å². The molecule has 1 heterocycles. The molecule has 0 amide bonds. The SMILES string of the molecule is CCCCCCCC1CN=C(N)N1CCC. The zero-order valence-electron chi connectivity index (χ0n) is 10.9. The number of hydrogen-bond donors (Lipinski definition) is 1. The molecule has 1 aliphatic rings. The summed E-state index contributed by atoms with van der Waals surface area (Å²) in [6.45, 7) is 6.44. The number of unbranched alkanes of at least 4 members (excludes halogenated alkanes) is 4. The predicted molar refractivity (Wildman–Crippen MR) is 70.7 cm³/mol. The van der Waals surface area contributed by atoms with E-state index in [0.29, 0.717) is 6.04 Å². The fourth-order valence-corrected chi connectivity index (χ4v) is 2.34. The third-order valence-electron chi connectivity index (χ3n) is 3.30. The van der Waals surface area contributed by atoms with Crippen molar-refractivity contribution in [3.8, 4) is 0 Å². The summed E-state index contributed by atoms with van der Waals surface area (Å²) in [5.41, 5.74) is 5.88. The molecule has 16 heavy (non-hydrogen) atoms. The van der Waals surface area contributed by atoms with Crippen LogP contribution >= 0.6 is 0 Å².